The summed E-state index contributed by atoms with van der Waals surface area (Å²) in [5, 5.41) is 27.4. The minimum atomic E-state index is -0.652. The van der Waals surface area contributed by atoms with Crippen LogP contribution in [-0.4, -0.2) is 20.9 Å². The molecule has 0 spiro atoms. The zero-order chi connectivity index (χ0) is 18.4. The molecule has 3 unspecified atom stereocenters. The third kappa shape index (κ3) is 2.61. The number of benzene rings is 1. The van der Waals surface area contributed by atoms with Crippen LogP contribution in [-0.2, 0) is 0 Å². The summed E-state index contributed by atoms with van der Waals surface area (Å²) in [5.74, 6) is 0.546. The summed E-state index contributed by atoms with van der Waals surface area (Å²) in [5.41, 5.74) is 3.36. The topological polar surface area (TPSA) is 111 Å². The van der Waals surface area contributed by atoms with Crippen LogP contribution in [0.5, 0.6) is 0 Å². The Bertz CT molecular complexity index is 783. The number of non-ortho nitro benzene ring substituents is 1. The van der Waals surface area contributed by atoms with E-state index in [4.69, 9.17) is 0 Å². The van der Waals surface area contributed by atoms with Gasteiger partial charge in [0.05, 0.1) is 15.9 Å². The molecule has 0 aromatic heterocycles. The van der Waals surface area contributed by atoms with E-state index in [9.17, 15) is 20.2 Å². The van der Waals surface area contributed by atoms with E-state index in [1.807, 2.05) is 0 Å². The smallest absolute Gasteiger partial charge is 0.272 e. The molecule has 1 aromatic carbocycles. The Hall–Kier alpha value is -2.03. The summed E-state index contributed by atoms with van der Waals surface area (Å²) < 4.78 is 0. The van der Waals surface area contributed by atoms with Crippen LogP contribution in [0.25, 0.3) is 0 Å². The Morgan fingerprint density at radius 2 is 2.04 bits per heavy atom. The van der Waals surface area contributed by atoms with E-state index in [1.165, 1.54) is 12.1 Å². The number of hydrogen-bond acceptors (Lipinski definition) is 6. The second-order valence-electron chi connectivity index (χ2n) is 7.21. The number of nitrogens with zero attached hydrogens (tertiary/aromatic N) is 3. The van der Waals surface area contributed by atoms with Crippen LogP contribution < -0.4 is 5.43 Å². The summed E-state index contributed by atoms with van der Waals surface area (Å²) in [6.07, 6.45) is 3.07. The van der Waals surface area contributed by atoms with E-state index in [-0.39, 0.29) is 27.9 Å². The summed E-state index contributed by atoms with van der Waals surface area (Å²) in [6, 6.07) is 3.52. The summed E-state index contributed by atoms with van der Waals surface area (Å²) in [6.45, 7) is 4.46. The summed E-state index contributed by atoms with van der Waals surface area (Å²) in [7, 11) is 0. The van der Waals surface area contributed by atoms with Crippen LogP contribution in [0.4, 0.5) is 17.1 Å². The monoisotopic (exact) mass is 410 g/mol. The molecule has 3 rings (SSSR count). The molecule has 2 aliphatic rings. The van der Waals surface area contributed by atoms with Gasteiger partial charge in [0.2, 0.25) is 0 Å². The second-order valence-corrected chi connectivity index (χ2v) is 7.77. The van der Waals surface area contributed by atoms with Crippen molar-refractivity contribution in [3.63, 3.8) is 0 Å². The maximum Gasteiger partial charge on any atom is 0.301 e. The summed E-state index contributed by atoms with van der Waals surface area (Å²) >= 11 is 3.64. The van der Waals surface area contributed by atoms with Crippen molar-refractivity contribution in [2.45, 2.75) is 33.1 Å². The molecule has 134 valence electrons. The number of nitro groups is 2. The molecule has 2 aliphatic carbocycles. The van der Waals surface area contributed by atoms with Crippen molar-refractivity contribution in [2.75, 3.05) is 10.8 Å². The average molecular weight is 411 g/mol. The number of hydrazone groups is 1. The van der Waals surface area contributed by atoms with Crippen LogP contribution in [0.3, 0.4) is 0 Å². The zero-order valence-electron chi connectivity index (χ0n) is 14.0. The fraction of sp³-hybridized carbons (Fsp3) is 0.562. The van der Waals surface area contributed by atoms with Gasteiger partial charge in [0.25, 0.3) is 5.69 Å². The fourth-order valence-electron chi connectivity index (χ4n) is 4.21. The number of alkyl halides is 1. The van der Waals surface area contributed by atoms with Crippen molar-refractivity contribution in [1.82, 2.24) is 0 Å². The van der Waals surface area contributed by atoms with Gasteiger partial charge < -0.3 is 0 Å². The van der Waals surface area contributed by atoms with Crippen LogP contribution in [0, 0.1) is 37.0 Å². The summed E-state index contributed by atoms with van der Waals surface area (Å²) in [4.78, 5) is 20.7. The molecule has 0 radical (unpaired) electrons. The van der Waals surface area contributed by atoms with Gasteiger partial charge in [0, 0.05) is 22.5 Å². The van der Waals surface area contributed by atoms with Crippen LogP contribution >= 0.6 is 15.9 Å². The van der Waals surface area contributed by atoms with Crippen LogP contribution in [0.15, 0.2) is 23.3 Å². The highest BCUT2D eigenvalue weighted by Crippen LogP contribution is 2.64. The standard InChI is InChI=1S/C16H19BrN4O4/c1-15-6-5-10(16(15,2)9-17)7-14(15)19-18-12-4-3-11(20(22)23)8-13(12)21(24)25/h3-4,8,10,18H,5-7,9H2,1-2H3/b19-14+. The van der Waals surface area contributed by atoms with E-state index in [0.29, 0.717) is 5.92 Å². The van der Waals surface area contributed by atoms with Crippen molar-refractivity contribution in [3.8, 4) is 0 Å². The van der Waals surface area contributed by atoms with Crippen molar-refractivity contribution in [2.24, 2.45) is 21.8 Å². The number of fused-ring (bicyclic) bond motifs is 2. The maximum atomic E-state index is 11.2. The number of nitro benzene ring substituents is 2. The quantitative estimate of drug-likeness (QED) is 0.436. The maximum absolute atomic E-state index is 11.2. The van der Waals surface area contributed by atoms with Gasteiger partial charge in [-0.15, -0.1) is 0 Å². The third-order valence-corrected chi connectivity index (χ3v) is 7.37. The van der Waals surface area contributed by atoms with Gasteiger partial charge in [-0.3, -0.25) is 25.7 Å². The molecule has 0 amide bonds. The predicted octanol–water partition coefficient (Wildman–Crippen LogP) is 4.49. The van der Waals surface area contributed by atoms with Crippen molar-refractivity contribution < 1.29 is 9.85 Å². The first kappa shape index (κ1) is 17.8. The number of hydrogen-bond donors (Lipinski definition) is 1. The molecule has 25 heavy (non-hydrogen) atoms. The van der Waals surface area contributed by atoms with E-state index in [2.05, 4.69) is 40.3 Å². The Labute approximate surface area is 153 Å². The molecular weight excluding hydrogens is 392 g/mol. The molecule has 2 saturated carbocycles. The number of anilines is 1. The lowest BCUT2D eigenvalue weighted by Gasteiger charge is -2.36. The van der Waals surface area contributed by atoms with Gasteiger partial charge >= 0.3 is 5.69 Å². The first-order valence-electron chi connectivity index (χ1n) is 8.05. The van der Waals surface area contributed by atoms with Crippen molar-refractivity contribution in [1.29, 1.82) is 0 Å². The highest BCUT2D eigenvalue weighted by molar-refractivity contribution is 9.09. The van der Waals surface area contributed by atoms with Crippen molar-refractivity contribution >= 4 is 38.7 Å². The van der Waals surface area contributed by atoms with E-state index in [1.54, 1.807) is 0 Å². The Morgan fingerprint density at radius 1 is 1.32 bits per heavy atom. The average Bonchev–Trinajstić information content (AvgIpc) is 2.95. The van der Waals surface area contributed by atoms with Gasteiger partial charge in [-0.1, -0.05) is 29.8 Å². The Morgan fingerprint density at radius 3 is 2.60 bits per heavy atom. The first-order chi connectivity index (χ1) is 11.7. The fourth-order valence-corrected chi connectivity index (χ4v) is 5.29. The van der Waals surface area contributed by atoms with Crippen LogP contribution in [0.1, 0.15) is 33.1 Å². The third-order valence-electron chi connectivity index (χ3n) is 6.21. The molecule has 8 nitrogen and oxygen atoms in total. The molecule has 1 aromatic rings. The number of rotatable bonds is 5. The van der Waals surface area contributed by atoms with Gasteiger partial charge in [-0.05, 0) is 36.7 Å². The highest BCUT2D eigenvalue weighted by Gasteiger charge is 2.61. The molecule has 0 heterocycles. The van der Waals surface area contributed by atoms with Crippen LogP contribution in [0.2, 0.25) is 0 Å². The number of halogens is 1. The normalized spacial score (nSPS) is 32.1. The Balaban J connectivity index is 1.91. The van der Waals surface area contributed by atoms with Crippen molar-refractivity contribution in [3.05, 3.63) is 38.4 Å². The van der Waals surface area contributed by atoms with Gasteiger partial charge in [-0.2, -0.15) is 5.10 Å². The Kier molecular flexibility index (Phi) is 4.30. The molecule has 2 bridgehead atoms. The minimum Gasteiger partial charge on any atom is -0.272 e. The predicted molar refractivity (Wildman–Crippen MR) is 98.2 cm³/mol. The van der Waals surface area contributed by atoms with E-state index >= 15 is 0 Å². The first-order valence-corrected chi connectivity index (χ1v) is 9.17. The lowest BCUT2D eigenvalue weighted by molar-refractivity contribution is -0.393. The number of nitrogens with one attached hydrogen (secondary N) is 1. The van der Waals surface area contributed by atoms with Gasteiger partial charge in [0.15, 0.2) is 0 Å². The molecule has 0 aliphatic heterocycles. The second kappa shape index (κ2) is 6.05. The zero-order valence-corrected chi connectivity index (χ0v) is 15.6. The molecule has 2 fully saturated rings. The largest absolute Gasteiger partial charge is 0.301 e. The SMILES string of the molecule is CC12CCC(C/C1=N\Nc1ccc([N+](=O)[O-])cc1[N+](=O)[O-])C2(C)CBr. The van der Waals surface area contributed by atoms with E-state index < -0.39 is 9.85 Å². The lowest BCUT2D eigenvalue weighted by atomic mass is 9.70. The minimum absolute atomic E-state index is 0.0519. The highest BCUT2D eigenvalue weighted by atomic mass is 79.9. The van der Waals surface area contributed by atoms with Gasteiger partial charge in [0.1, 0.15) is 5.69 Å². The molecule has 9 heteroatoms. The van der Waals surface area contributed by atoms with E-state index in [0.717, 1.165) is 36.4 Å². The molecule has 0 saturated heterocycles. The lowest BCUT2D eigenvalue weighted by Crippen LogP contribution is -2.36. The van der Waals surface area contributed by atoms with Gasteiger partial charge in [-0.25, -0.2) is 0 Å². The molecule has 1 N–H and O–H groups in total. The molecule has 3 atom stereocenters. The molecular formula is C16H19BrN4O4.